The lowest BCUT2D eigenvalue weighted by Gasteiger charge is -2.40. The summed E-state index contributed by atoms with van der Waals surface area (Å²) in [7, 11) is -1.83. The molecule has 0 saturated heterocycles. The topological polar surface area (TPSA) is 96.9 Å². The van der Waals surface area contributed by atoms with Crippen molar-refractivity contribution in [3.8, 4) is 0 Å². The van der Waals surface area contributed by atoms with E-state index in [1.54, 1.807) is 0 Å². The molecule has 0 heterocycles. The SMILES string of the molecule is CC(C)(C)OC(=O)CCC(=O)SCCNCCCNC[C@H](O)C(C)(C)CO[Si](C)(C)C(C)(C)C. The molecule has 0 amide bonds. The Labute approximate surface area is 214 Å². The summed E-state index contributed by atoms with van der Waals surface area (Å²) in [5.74, 6) is 0.352. The minimum Gasteiger partial charge on any atom is -0.460 e. The fraction of sp³-hybridized carbons (Fsp3) is 0.920. The van der Waals surface area contributed by atoms with Gasteiger partial charge in [0.25, 0.3) is 0 Å². The van der Waals surface area contributed by atoms with Gasteiger partial charge in [-0.2, -0.15) is 0 Å². The van der Waals surface area contributed by atoms with Crippen LogP contribution in [0.15, 0.2) is 0 Å². The van der Waals surface area contributed by atoms with Crippen LogP contribution in [-0.4, -0.2) is 74.8 Å². The summed E-state index contributed by atoms with van der Waals surface area (Å²) < 4.78 is 11.5. The van der Waals surface area contributed by atoms with Crippen molar-refractivity contribution in [2.75, 3.05) is 38.5 Å². The molecule has 0 spiro atoms. The minimum absolute atomic E-state index is 0.0171. The molecule has 7 nitrogen and oxygen atoms in total. The van der Waals surface area contributed by atoms with Crippen molar-refractivity contribution in [1.29, 1.82) is 0 Å². The number of nitrogens with one attached hydrogen (secondary N) is 2. The summed E-state index contributed by atoms with van der Waals surface area (Å²) in [5, 5.41) is 17.5. The molecular formula is C25H52N2O5SSi. The summed E-state index contributed by atoms with van der Waals surface area (Å²) >= 11 is 1.25. The molecule has 34 heavy (non-hydrogen) atoms. The molecule has 9 heteroatoms. The average molecular weight is 521 g/mol. The van der Waals surface area contributed by atoms with E-state index in [-0.39, 0.29) is 34.4 Å². The molecule has 0 aromatic heterocycles. The van der Waals surface area contributed by atoms with E-state index in [9.17, 15) is 14.7 Å². The lowest BCUT2D eigenvalue weighted by molar-refractivity contribution is -0.155. The second-order valence-corrected chi connectivity index (χ2v) is 18.1. The number of rotatable bonds is 16. The van der Waals surface area contributed by atoms with E-state index in [1.165, 1.54) is 11.8 Å². The maximum absolute atomic E-state index is 11.9. The maximum atomic E-state index is 11.9. The Bertz CT molecular complexity index is 615. The Hall–Kier alpha value is -0.453. The molecule has 0 aliphatic heterocycles. The number of carbonyl (C=O) groups is 2. The number of esters is 1. The quantitative estimate of drug-likeness (QED) is 0.157. The van der Waals surface area contributed by atoms with E-state index in [4.69, 9.17) is 9.16 Å². The van der Waals surface area contributed by atoms with Gasteiger partial charge in [-0.25, -0.2) is 0 Å². The smallest absolute Gasteiger partial charge is 0.306 e. The van der Waals surface area contributed by atoms with Gasteiger partial charge in [0, 0.05) is 37.3 Å². The van der Waals surface area contributed by atoms with E-state index in [0.717, 1.165) is 26.1 Å². The zero-order chi connectivity index (χ0) is 26.6. The molecule has 0 aliphatic rings. The van der Waals surface area contributed by atoms with Gasteiger partial charge in [0.05, 0.1) is 12.5 Å². The second kappa shape index (κ2) is 14.9. The Morgan fingerprint density at radius 3 is 2.09 bits per heavy atom. The summed E-state index contributed by atoms with van der Waals surface area (Å²) in [4.78, 5) is 23.5. The first-order valence-electron chi connectivity index (χ1n) is 12.5. The van der Waals surface area contributed by atoms with Crippen LogP contribution in [0.1, 0.15) is 74.7 Å². The number of aliphatic hydroxyl groups is 1. The van der Waals surface area contributed by atoms with E-state index in [2.05, 4.69) is 58.3 Å². The monoisotopic (exact) mass is 520 g/mol. The third-order valence-electron chi connectivity index (χ3n) is 6.05. The van der Waals surface area contributed by atoms with Crippen molar-refractivity contribution in [2.24, 2.45) is 5.41 Å². The first-order chi connectivity index (χ1) is 15.4. The minimum atomic E-state index is -1.83. The van der Waals surface area contributed by atoms with Crippen LogP contribution < -0.4 is 10.6 Å². The fourth-order valence-electron chi connectivity index (χ4n) is 2.56. The van der Waals surface area contributed by atoms with Crippen LogP contribution in [0.2, 0.25) is 18.1 Å². The molecule has 0 rings (SSSR count). The van der Waals surface area contributed by atoms with Crippen molar-refractivity contribution in [3.05, 3.63) is 0 Å². The zero-order valence-electron chi connectivity index (χ0n) is 23.4. The predicted molar refractivity (Wildman–Crippen MR) is 146 cm³/mol. The largest absolute Gasteiger partial charge is 0.460 e. The Morgan fingerprint density at radius 1 is 0.941 bits per heavy atom. The van der Waals surface area contributed by atoms with Crippen LogP contribution in [0.4, 0.5) is 0 Å². The Balaban J connectivity index is 3.85. The zero-order valence-corrected chi connectivity index (χ0v) is 25.2. The number of carbonyl (C=O) groups excluding carboxylic acids is 2. The van der Waals surface area contributed by atoms with Crippen molar-refractivity contribution in [3.63, 3.8) is 0 Å². The number of hydrogen-bond acceptors (Lipinski definition) is 8. The Kier molecular flexibility index (Phi) is 14.8. The van der Waals surface area contributed by atoms with Gasteiger partial charge < -0.3 is 24.9 Å². The highest BCUT2D eigenvalue weighted by molar-refractivity contribution is 8.13. The third kappa shape index (κ3) is 15.5. The van der Waals surface area contributed by atoms with Gasteiger partial charge >= 0.3 is 5.97 Å². The molecule has 0 radical (unpaired) electrons. The molecule has 3 N–H and O–H groups in total. The predicted octanol–water partition coefficient (Wildman–Crippen LogP) is 4.35. The standard InChI is InChI=1S/C25H52N2O5SSi/c1-23(2,3)32-21(29)12-13-22(30)33-17-16-26-14-11-15-27-18-20(28)25(7,8)19-31-34(9,10)24(4,5)6/h20,26-28H,11-19H2,1-10H3/t20-/m0/s1. The van der Waals surface area contributed by atoms with Gasteiger partial charge in [0.1, 0.15) is 5.60 Å². The molecule has 0 fully saturated rings. The highest BCUT2D eigenvalue weighted by atomic mass is 32.2. The summed E-state index contributed by atoms with van der Waals surface area (Å²) in [6.07, 6.45) is 0.801. The van der Waals surface area contributed by atoms with Gasteiger partial charge in [-0.15, -0.1) is 0 Å². The van der Waals surface area contributed by atoms with Crippen LogP contribution >= 0.6 is 11.8 Å². The first-order valence-corrected chi connectivity index (χ1v) is 16.4. The second-order valence-electron chi connectivity index (χ2n) is 12.2. The van der Waals surface area contributed by atoms with Crippen molar-refractivity contribution < 1.29 is 23.9 Å². The molecule has 202 valence electrons. The molecule has 0 aromatic rings. The molecule has 0 aliphatic carbocycles. The Morgan fingerprint density at radius 2 is 1.53 bits per heavy atom. The molecule has 0 unspecified atom stereocenters. The highest BCUT2D eigenvalue weighted by Gasteiger charge is 2.39. The van der Waals surface area contributed by atoms with Gasteiger partial charge in [0.15, 0.2) is 13.4 Å². The molecular weight excluding hydrogens is 468 g/mol. The van der Waals surface area contributed by atoms with Gasteiger partial charge in [-0.1, -0.05) is 46.4 Å². The lowest BCUT2D eigenvalue weighted by Crippen LogP contribution is -2.47. The van der Waals surface area contributed by atoms with E-state index < -0.39 is 20.0 Å². The maximum Gasteiger partial charge on any atom is 0.306 e. The number of ether oxygens (including phenoxy) is 1. The molecule has 1 atom stereocenters. The number of hydrogen-bond donors (Lipinski definition) is 3. The van der Waals surface area contributed by atoms with Crippen LogP contribution in [0.3, 0.4) is 0 Å². The average Bonchev–Trinajstić information content (AvgIpc) is 2.67. The molecule has 0 bridgehead atoms. The first kappa shape index (κ1) is 33.5. The van der Waals surface area contributed by atoms with E-state index in [0.29, 0.717) is 18.9 Å². The van der Waals surface area contributed by atoms with Gasteiger partial charge in [0.2, 0.25) is 0 Å². The van der Waals surface area contributed by atoms with Crippen molar-refractivity contribution in [1.82, 2.24) is 10.6 Å². The fourth-order valence-corrected chi connectivity index (χ4v) is 4.45. The van der Waals surface area contributed by atoms with Crippen LogP contribution in [0, 0.1) is 5.41 Å². The van der Waals surface area contributed by atoms with E-state index in [1.807, 2.05) is 20.8 Å². The summed E-state index contributed by atoms with van der Waals surface area (Å²) in [6, 6.07) is 0. The third-order valence-corrected chi connectivity index (χ3v) is 11.5. The summed E-state index contributed by atoms with van der Waals surface area (Å²) in [5.41, 5.74) is -0.826. The van der Waals surface area contributed by atoms with E-state index >= 15 is 0 Å². The van der Waals surface area contributed by atoms with Crippen LogP contribution in [-0.2, 0) is 18.8 Å². The van der Waals surface area contributed by atoms with Crippen LogP contribution in [0.5, 0.6) is 0 Å². The van der Waals surface area contributed by atoms with Crippen molar-refractivity contribution >= 4 is 31.2 Å². The summed E-state index contributed by atoms with van der Waals surface area (Å²) in [6.45, 7) is 24.2. The van der Waals surface area contributed by atoms with Crippen LogP contribution in [0.25, 0.3) is 0 Å². The highest BCUT2D eigenvalue weighted by Crippen LogP contribution is 2.38. The lowest BCUT2D eigenvalue weighted by atomic mass is 9.87. The number of aliphatic hydroxyl groups excluding tert-OH is 1. The normalized spacial score (nSPS) is 14.2. The molecule has 0 aromatic carbocycles. The van der Waals surface area contributed by atoms with Crippen molar-refractivity contribution in [2.45, 2.75) is 104 Å². The number of thioether (sulfide) groups is 1. The van der Waals surface area contributed by atoms with Gasteiger partial charge in [-0.3, -0.25) is 9.59 Å². The molecule has 0 saturated carbocycles. The van der Waals surface area contributed by atoms with Gasteiger partial charge in [-0.05, 0) is 58.4 Å².